The van der Waals surface area contributed by atoms with Crippen molar-refractivity contribution in [2.24, 2.45) is 10.8 Å². The van der Waals surface area contributed by atoms with Crippen molar-refractivity contribution < 1.29 is 9.15 Å². The van der Waals surface area contributed by atoms with Gasteiger partial charge in [-0.25, -0.2) is 10.8 Å². The smallest absolute Gasteiger partial charge is 0.206 e. The van der Waals surface area contributed by atoms with E-state index in [1.54, 1.807) is 6.26 Å². The van der Waals surface area contributed by atoms with Crippen LogP contribution in [0.5, 0.6) is 0 Å². The molecule has 0 aliphatic carbocycles. The fraction of sp³-hybridized carbons (Fsp3) is 0.545. The maximum absolute atomic E-state index is 5.35. The van der Waals surface area contributed by atoms with Gasteiger partial charge in [0.15, 0.2) is 0 Å². The molecule has 0 amide bonds. The zero-order chi connectivity index (χ0) is 12.3. The summed E-state index contributed by atoms with van der Waals surface area (Å²) in [7, 11) is 0. The van der Waals surface area contributed by atoms with E-state index in [4.69, 9.17) is 15.0 Å². The number of nitrogens with zero attached hydrogens (tertiary/aromatic N) is 1. The predicted octanol–water partition coefficient (Wildman–Crippen LogP) is 0.615. The van der Waals surface area contributed by atoms with E-state index < -0.39 is 0 Å². The van der Waals surface area contributed by atoms with Gasteiger partial charge in [0.05, 0.1) is 6.26 Å². The molecule has 96 valence electrons. The van der Waals surface area contributed by atoms with E-state index in [1.807, 2.05) is 19.1 Å². The number of guanidine groups is 1. The van der Waals surface area contributed by atoms with Crippen LogP contribution in [-0.2, 0) is 11.3 Å². The van der Waals surface area contributed by atoms with E-state index in [1.165, 1.54) is 0 Å². The molecule has 0 aliphatic heterocycles. The van der Waals surface area contributed by atoms with Crippen LogP contribution in [0.3, 0.4) is 0 Å². The molecule has 1 rings (SSSR count). The van der Waals surface area contributed by atoms with Crippen LogP contribution in [0.2, 0.25) is 0 Å². The number of rotatable bonds is 7. The minimum Gasteiger partial charge on any atom is -0.467 e. The number of nitrogens with one attached hydrogen (secondary N) is 2. The number of hydrogen-bond acceptors (Lipinski definition) is 4. The second kappa shape index (κ2) is 8.60. The Kier molecular flexibility index (Phi) is 6.85. The van der Waals surface area contributed by atoms with Gasteiger partial charge in [-0.2, -0.15) is 0 Å². The summed E-state index contributed by atoms with van der Waals surface area (Å²) in [5.41, 5.74) is 2.51. The average Bonchev–Trinajstić information content (AvgIpc) is 2.86. The summed E-state index contributed by atoms with van der Waals surface area (Å²) >= 11 is 0. The Hall–Kier alpha value is -1.53. The standard InChI is InChI=1S/C11H20N4O2/c1-2-16-7-4-6-13-11(15-12)14-9-10-5-3-8-17-10/h3,5,8H,2,4,6-7,9,12H2,1H3,(H2,13,14,15). The summed E-state index contributed by atoms with van der Waals surface area (Å²) in [6.45, 7) is 4.69. The molecule has 4 N–H and O–H groups in total. The molecule has 1 aromatic heterocycles. The van der Waals surface area contributed by atoms with E-state index >= 15 is 0 Å². The molecule has 0 saturated heterocycles. The number of hydrazine groups is 1. The maximum Gasteiger partial charge on any atom is 0.206 e. The molecule has 0 fully saturated rings. The van der Waals surface area contributed by atoms with Crippen molar-refractivity contribution in [3.63, 3.8) is 0 Å². The van der Waals surface area contributed by atoms with Crippen molar-refractivity contribution in [1.82, 2.24) is 10.7 Å². The average molecular weight is 240 g/mol. The lowest BCUT2D eigenvalue weighted by atomic mass is 10.4. The molecule has 1 heterocycles. The molecule has 0 unspecified atom stereocenters. The second-order valence-corrected chi connectivity index (χ2v) is 3.37. The topological polar surface area (TPSA) is 84.8 Å². The van der Waals surface area contributed by atoms with Crippen LogP contribution in [0.1, 0.15) is 19.1 Å². The molecule has 0 atom stereocenters. The summed E-state index contributed by atoms with van der Waals surface area (Å²) in [5, 5.41) is 3.08. The zero-order valence-corrected chi connectivity index (χ0v) is 10.1. The lowest BCUT2D eigenvalue weighted by molar-refractivity contribution is 0.145. The van der Waals surface area contributed by atoms with Crippen LogP contribution >= 0.6 is 0 Å². The van der Waals surface area contributed by atoms with Gasteiger partial charge in [0.1, 0.15) is 12.3 Å². The molecule has 0 spiro atoms. The van der Waals surface area contributed by atoms with Crippen LogP contribution < -0.4 is 16.6 Å². The zero-order valence-electron chi connectivity index (χ0n) is 10.1. The van der Waals surface area contributed by atoms with Gasteiger partial charge in [-0.15, -0.1) is 0 Å². The third-order valence-corrected chi connectivity index (χ3v) is 2.07. The van der Waals surface area contributed by atoms with Crippen molar-refractivity contribution in [3.05, 3.63) is 24.2 Å². The van der Waals surface area contributed by atoms with Crippen LogP contribution in [0.4, 0.5) is 0 Å². The van der Waals surface area contributed by atoms with E-state index in [2.05, 4.69) is 15.7 Å². The molecule has 0 bridgehead atoms. The highest BCUT2D eigenvalue weighted by atomic mass is 16.5. The number of furan rings is 1. The summed E-state index contributed by atoms with van der Waals surface area (Å²) < 4.78 is 10.4. The largest absolute Gasteiger partial charge is 0.467 e. The first-order valence-corrected chi connectivity index (χ1v) is 5.72. The molecule has 6 nitrogen and oxygen atoms in total. The van der Waals surface area contributed by atoms with Gasteiger partial charge in [-0.3, -0.25) is 5.43 Å². The van der Waals surface area contributed by atoms with Crippen molar-refractivity contribution >= 4 is 5.96 Å². The SMILES string of the molecule is CCOCCCNC(=NCc1ccco1)NN. The fourth-order valence-electron chi connectivity index (χ4n) is 1.24. The lowest BCUT2D eigenvalue weighted by Crippen LogP contribution is -2.42. The van der Waals surface area contributed by atoms with E-state index in [-0.39, 0.29) is 0 Å². The van der Waals surface area contributed by atoms with Gasteiger partial charge < -0.3 is 14.5 Å². The summed E-state index contributed by atoms with van der Waals surface area (Å²) in [6.07, 6.45) is 2.53. The Bertz CT molecular complexity index is 311. The molecule has 0 aromatic carbocycles. The third-order valence-electron chi connectivity index (χ3n) is 2.07. The van der Waals surface area contributed by atoms with Crippen molar-refractivity contribution in [3.8, 4) is 0 Å². The molecule has 0 radical (unpaired) electrons. The van der Waals surface area contributed by atoms with E-state index in [0.29, 0.717) is 12.5 Å². The molecular formula is C11H20N4O2. The Balaban J connectivity index is 2.20. The summed E-state index contributed by atoms with van der Waals surface area (Å²) in [6, 6.07) is 3.70. The fourth-order valence-corrected chi connectivity index (χ4v) is 1.24. The minimum absolute atomic E-state index is 0.463. The Morgan fingerprint density at radius 1 is 1.59 bits per heavy atom. The normalized spacial score (nSPS) is 11.5. The number of hydrogen-bond donors (Lipinski definition) is 3. The van der Waals surface area contributed by atoms with Crippen molar-refractivity contribution in [1.29, 1.82) is 0 Å². The first kappa shape index (κ1) is 13.5. The molecule has 6 heteroatoms. The number of ether oxygens (including phenoxy) is 1. The molecule has 0 saturated carbocycles. The first-order chi connectivity index (χ1) is 8.36. The van der Waals surface area contributed by atoms with Gasteiger partial charge in [-0.05, 0) is 25.5 Å². The lowest BCUT2D eigenvalue weighted by Gasteiger charge is -2.08. The van der Waals surface area contributed by atoms with Crippen LogP contribution in [0, 0.1) is 0 Å². The van der Waals surface area contributed by atoms with Crippen LogP contribution in [-0.4, -0.2) is 25.7 Å². The minimum atomic E-state index is 0.463. The van der Waals surface area contributed by atoms with Crippen LogP contribution in [0.25, 0.3) is 0 Å². The highest BCUT2D eigenvalue weighted by Gasteiger charge is 1.97. The third kappa shape index (κ3) is 5.94. The second-order valence-electron chi connectivity index (χ2n) is 3.37. The quantitative estimate of drug-likeness (QED) is 0.214. The summed E-state index contributed by atoms with van der Waals surface area (Å²) in [4.78, 5) is 4.24. The Morgan fingerprint density at radius 3 is 3.12 bits per heavy atom. The summed E-state index contributed by atoms with van der Waals surface area (Å²) in [5.74, 6) is 6.70. The Morgan fingerprint density at radius 2 is 2.47 bits per heavy atom. The highest BCUT2D eigenvalue weighted by molar-refractivity contribution is 5.79. The number of nitrogens with two attached hydrogens (primary N) is 1. The first-order valence-electron chi connectivity index (χ1n) is 5.72. The van der Waals surface area contributed by atoms with E-state index in [9.17, 15) is 0 Å². The molecule has 17 heavy (non-hydrogen) atoms. The van der Waals surface area contributed by atoms with Gasteiger partial charge in [-0.1, -0.05) is 0 Å². The monoisotopic (exact) mass is 240 g/mol. The molecular weight excluding hydrogens is 220 g/mol. The van der Waals surface area contributed by atoms with Crippen LogP contribution in [0.15, 0.2) is 27.8 Å². The van der Waals surface area contributed by atoms with Gasteiger partial charge in [0.2, 0.25) is 5.96 Å². The maximum atomic E-state index is 5.35. The predicted molar refractivity (Wildman–Crippen MR) is 66.3 cm³/mol. The van der Waals surface area contributed by atoms with Crippen molar-refractivity contribution in [2.45, 2.75) is 19.9 Å². The van der Waals surface area contributed by atoms with Gasteiger partial charge in [0, 0.05) is 19.8 Å². The molecule has 0 aliphatic rings. The molecule has 1 aromatic rings. The van der Waals surface area contributed by atoms with Crippen molar-refractivity contribution in [2.75, 3.05) is 19.8 Å². The number of aliphatic imine (C=N–C) groups is 1. The Labute approximate surface area is 101 Å². The highest BCUT2D eigenvalue weighted by Crippen LogP contribution is 2.00. The van der Waals surface area contributed by atoms with Gasteiger partial charge in [0.25, 0.3) is 0 Å². The van der Waals surface area contributed by atoms with E-state index in [0.717, 1.165) is 31.9 Å². The van der Waals surface area contributed by atoms with Gasteiger partial charge >= 0.3 is 0 Å².